The summed E-state index contributed by atoms with van der Waals surface area (Å²) in [5.41, 5.74) is 0. The molecule has 0 saturated carbocycles. The molecule has 0 aromatic carbocycles. The quantitative estimate of drug-likeness (QED) is 0.0320. The monoisotopic (exact) mass is 1140 g/mol. The molecule has 0 aliphatic rings. The normalized spacial score (nSPS) is 12.6. The number of hydrogen-bond acceptors (Lipinski definition) is 5. The van der Waals surface area contributed by atoms with Crippen LogP contribution in [0.3, 0.4) is 0 Å². The molecule has 480 valence electrons. The van der Waals surface area contributed by atoms with Crippen LogP contribution in [0.4, 0.5) is 0 Å². The predicted molar refractivity (Wildman–Crippen MR) is 356 cm³/mol. The van der Waals surface area contributed by atoms with Gasteiger partial charge in [-0.25, -0.2) is 0 Å². The van der Waals surface area contributed by atoms with Gasteiger partial charge in [-0.05, 0) is 57.8 Å². The zero-order chi connectivity index (χ0) is 58.5. The van der Waals surface area contributed by atoms with E-state index in [-0.39, 0.29) is 18.5 Å². The number of unbranched alkanes of at least 4 members (excludes halogenated alkanes) is 55. The first-order valence-corrected chi connectivity index (χ1v) is 37.1. The molecule has 0 heterocycles. The highest BCUT2D eigenvalue weighted by atomic mass is 16.5. The van der Waals surface area contributed by atoms with Gasteiger partial charge in [0.1, 0.15) is 0 Å². The average Bonchev–Trinajstić information content (AvgIpc) is 3.47. The van der Waals surface area contributed by atoms with Crippen LogP contribution in [0.25, 0.3) is 0 Å². The largest absolute Gasteiger partial charge is 0.466 e. The molecule has 0 aromatic rings. The van der Waals surface area contributed by atoms with Crippen LogP contribution in [0.5, 0.6) is 0 Å². The average molecular weight is 1140 g/mol. The molecular weight excluding hydrogens is 995 g/mol. The fourth-order valence-corrected chi connectivity index (χ4v) is 11.9. The number of esters is 1. The molecule has 0 spiro atoms. The van der Waals surface area contributed by atoms with Crippen molar-refractivity contribution in [2.24, 2.45) is 0 Å². The maximum absolute atomic E-state index is 12.5. The first kappa shape index (κ1) is 79.3. The van der Waals surface area contributed by atoms with E-state index in [9.17, 15) is 19.8 Å². The smallest absolute Gasteiger partial charge is 0.305 e. The van der Waals surface area contributed by atoms with Crippen molar-refractivity contribution < 1.29 is 24.5 Å². The molecule has 0 saturated heterocycles. The number of allylic oxidation sites excluding steroid dienone is 4. The van der Waals surface area contributed by atoms with E-state index >= 15 is 0 Å². The lowest BCUT2D eigenvalue weighted by atomic mass is 10.0. The molecule has 6 heteroatoms. The fraction of sp³-hybridized carbons (Fsp3) is 0.920. The maximum Gasteiger partial charge on any atom is 0.305 e. The summed E-state index contributed by atoms with van der Waals surface area (Å²) >= 11 is 0. The van der Waals surface area contributed by atoms with E-state index in [0.717, 1.165) is 51.4 Å². The second kappa shape index (κ2) is 70.8. The Morgan fingerprint density at radius 3 is 0.963 bits per heavy atom. The van der Waals surface area contributed by atoms with E-state index in [0.29, 0.717) is 25.9 Å². The number of aliphatic hydroxyl groups excluding tert-OH is 2. The van der Waals surface area contributed by atoms with E-state index < -0.39 is 12.1 Å². The van der Waals surface area contributed by atoms with Gasteiger partial charge in [0.25, 0.3) is 0 Å². The molecule has 0 bridgehead atoms. The SMILES string of the molecule is CCCCC/C=C\C/C=C\CCCCCCCCCCCC(=O)OCCCCCCCCCCCCCCCCCCCCCCCCCCCCCCCCCCC(=O)NC(CO)C(O)CCCCCCCCCCCCCCC. The zero-order valence-electron chi connectivity index (χ0n) is 55.0. The molecule has 6 nitrogen and oxygen atoms in total. The van der Waals surface area contributed by atoms with E-state index in [1.165, 1.54) is 334 Å². The van der Waals surface area contributed by atoms with Crippen LogP contribution < -0.4 is 5.32 Å². The number of nitrogens with one attached hydrogen (secondary N) is 1. The first-order valence-electron chi connectivity index (χ1n) is 37.1. The Balaban J connectivity index is 3.30. The second-order valence-electron chi connectivity index (χ2n) is 25.6. The van der Waals surface area contributed by atoms with Crippen molar-refractivity contribution in [2.45, 2.75) is 431 Å². The molecule has 2 unspecified atom stereocenters. The van der Waals surface area contributed by atoms with Gasteiger partial charge in [-0.2, -0.15) is 0 Å². The van der Waals surface area contributed by atoms with Crippen molar-refractivity contribution >= 4 is 11.9 Å². The third-order valence-electron chi connectivity index (χ3n) is 17.5. The van der Waals surface area contributed by atoms with Gasteiger partial charge in [0.05, 0.1) is 25.4 Å². The summed E-state index contributed by atoms with van der Waals surface area (Å²) in [6, 6.07) is -0.537. The predicted octanol–water partition coefficient (Wildman–Crippen LogP) is 24.1. The van der Waals surface area contributed by atoms with Crippen LogP contribution in [0.1, 0.15) is 418 Å². The van der Waals surface area contributed by atoms with E-state index in [1.807, 2.05) is 0 Å². The van der Waals surface area contributed by atoms with Gasteiger partial charge >= 0.3 is 5.97 Å². The Hall–Kier alpha value is -1.66. The van der Waals surface area contributed by atoms with E-state index in [2.05, 4.69) is 43.5 Å². The van der Waals surface area contributed by atoms with E-state index in [1.54, 1.807) is 0 Å². The van der Waals surface area contributed by atoms with Crippen molar-refractivity contribution in [1.82, 2.24) is 5.32 Å². The standard InChI is InChI=1S/C75H145NO5/c1-3-5-7-9-11-13-15-17-18-19-34-38-41-45-49-53-57-61-65-69-75(80)81-70-66-62-58-54-50-46-42-39-36-33-31-29-27-25-23-21-20-22-24-26-28-30-32-35-37-40-44-48-52-56-60-64-68-74(79)76-72(71-77)73(78)67-63-59-55-51-47-43-16-14-12-10-8-6-4-2/h11,13,17-18,72-73,77-78H,3-10,12,14-16,19-71H2,1-2H3,(H,76,79)/b13-11-,18-17-. The summed E-state index contributed by atoms with van der Waals surface area (Å²) < 4.78 is 5.51. The van der Waals surface area contributed by atoms with E-state index in [4.69, 9.17) is 4.74 Å². The van der Waals surface area contributed by atoms with Gasteiger partial charge in [0.2, 0.25) is 5.91 Å². The molecule has 0 fully saturated rings. The summed E-state index contributed by atoms with van der Waals surface area (Å²) in [6.07, 6.45) is 89.7. The Labute approximate surface area is 507 Å². The second-order valence-corrected chi connectivity index (χ2v) is 25.6. The van der Waals surface area contributed by atoms with Crippen LogP contribution in [0, 0.1) is 0 Å². The van der Waals surface area contributed by atoms with Crippen molar-refractivity contribution in [2.75, 3.05) is 13.2 Å². The van der Waals surface area contributed by atoms with Gasteiger partial charge in [-0.3, -0.25) is 9.59 Å². The molecule has 2 atom stereocenters. The molecule has 1 amide bonds. The maximum atomic E-state index is 12.5. The number of rotatable bonds is 70. The Morgan fingerprint density at radius 2 is 0.617 bits per heavy atom. The minimum Gasteiger partial charge on any atom is -0.466 e. The first-order chi connectivity index (χ1) is 40.0. The van der Waals surface area contributed by atoms with Crippen LogP contribution in [-0.2, 0) is 14.3 Å². The third kappa shape index (κ3) is 67.3. The highest BCUT2D eigenvalue weighted by Gasteiger charge is 2.20. The summed E-state index contributed by atoms with van der Waals surface area (Å²) in [4.78, 5) is 24.6. The number of carbonyl (C=O) groups excluding carboxylic acids is 2. The fourth-order valence-electron chi connectivity index (χ4n) is 11.9. The Bertz CT molecular complexity index is 1270. The topological polar surface area (TPSA) is 95.9 Å². The van der Waals surface area contributed by atoms with Crippen molar-refractivity contribution in [3.8, 4) is 0 Å². The molecule has 81 heavy (non-hydrogen) atoms. The van der Waals surface area contributed by atoms with Gasteiger partial charge in [-0.15, -0.1) is 0 Å². The van der Waals surface area contributed by atoms with Crippen LogP contribution in [-0.4, -0.2) is 47.4 Å². The molecule has 3 N–H and O–H groups in total. The van der Waals surface area contributed by atoms with Crippen LogP contribution in [0.15, 0.2) is 24.3 Å². The van der Waals surface area contributed by atoms with Crippen molar-refractivity contribution in [1.29, 1.82) is 0 Å². The molecule has 0 radical (unpaired) electrons. The van der Waals surface area contributed by atoms with Gasteiger partial charge in [-0.1, -0.05) is 372 Å². The highest BCUT2D eigenvalue weighted by molar-refractivity contribution is 5.76. The van der Waals surface area contributed by atoms with Gasteiger partial charge in [0.15, 0.2) is 0 Å². The number of ether oxygens (including phenoxy) is 1. The lowest BCUT2D eigenvalue weighted by Gasteiger charge is -2.22. The number of hydrogen-bond donors (Lipinski definition) is 3. The number of amides is 1. The van der Waals surface area contributed by atoms with Crippen LogP contribution >= 0.6 is 0 Å². The summed E-state index contributed by atoms with van der Waals surface area (Å²) in [6.45, 7) is 4.96. The zero-order valence-corrected chi connectivity index (χ0v) is 55.0. The third-order valence-corrected chi connectivity index (χ3v) is 17.5. The van der Waals surface area contributed by atoms with Crippen molar-refractivity contribution in [3.63, 3.8) is 0 Å². The minimum absolute atomic E-state index is 0.0182. The van der Waals surface area contributed by atoms with Gasteiger partial charge < -0.3 is 20.3 Å². The molecular formula is C75H145NO5. The number of carbonyl (C=O) groups is 2. The van der Waals surface area contributed by atoms with Gasteiger partial charge in [0, 0.05) is 12.8 Å². The lowest BCUT2D eigenvalue weighted by Crippen LogP contribution is -2.45. The summed E-state index contributed by atoms with van der Waals surface area (Å²) in [5.74, 6) is -0.00990. The molecule has 0 aliphatic carbocycles. The molecule has 0 aromatic heterocycles. The molecule has 0 rings (SSSR count). The lowest BCUT2D eigenvalue weighted by molar-refractivity contribution is -0.143. The Kier molecular flexibility index (Phi) is 69.4. The number of aliphatic hydroxyl groups is 2. The summed E-state index contributed by atoms with van der Waals surface area (Å²) in [7, 11) is 0. The summed E-state index contributed by atoms with van der Waals surface area (Å²) in [5, 5.41) is 23.3. The Morgan fingerprint density at radius 1 is 0.346 bits per heavy atom. The van der Waals surface area contributed by atoms with Crippen molar-refractivity contribution in [3.05, 3.63) is 24.3 Å². The highest BCUT2D eigenvalue weighted by Crippen LogP contribution is 2.20. The minimum atomic E-state index is -0.660. The van der Waals surface area contributed by atoms with Crippen LogP contribution in [0.2, 0.25) is 0 Å². The molecule has 0 aliphatic heterocycles.